The molecular formula is C13H18Cl2N2O. The van der Waals surface area contributed by atoms with E-state index in [0.29, 0.717) is 16.6 Å². The van der Waals surface area contributed by atoms with Crippen molar-refractivity contribution >= 4 is 29.1 Å². The molecule has 0 fully saturated rings. The molecule has 0 heterocycles. The predicted octanol–water partition coefficient (Wildman–Crippen LogP) is 3.16. The quantitative estimate of drug-likeness (QED) is 0.894. The number of benzene rings is 1. The number of carbonyl (C=O) groups is 1. The van der Waals surface area contributed by atoms with E-state index >= 15 is 0 Å². The summed E-state index contributed by atoms with van der Waals surface area (Å²) in [5.41, 5.74) is 5.90. The number of rotatable bonds is 4. The fourth-order valence-electron chi connectivity index (χ4n) is 1.35. The Labute approximate surface area is 118 Å². The lowest BCUT2D eigenvalue weighted by atomic mass is 9.92. The van der Waals surface area contributed by atoms with Crippen LogP contribution in [0, 0.1) is 5.41 Å². The van der Waals surface area contributed by atoms with Gasteiger partial charge in [-0.1, -0.05) is 29.3 Å². The van der Waals surface area contributed by atoms with Crippen LogP contribution in [0.2, 0.25) is 10.0 Å². The second-order valence-electron chi connectivity index (χ2n) is 4.96. The van der Waals surface area contributed by atoms with Gasteiger partial charge in [0.05, 0.1) is 21.5 Å². The molecular weight excluding hydrogens is 271 g/mol. The van der Waals surface area contributed by atoms with Crippen LogP contribution in [-0.2, 0) is 4.79 Å². The molecule has 3 N–H and O–H groups in total. The first-order valence-corrected chi connectivity index (χ1v) is 6.49. The maximum absolute atomic E-state index is 12.0. The zero-order valence-corrected chi connectivity index (χ0v) is 12.3. The molecule has 100 valence electrons. The van der Waals surface area contributed by atoms with E-state index in [0.717, 1.165) is 5.56 Å². The van der Waals surface area contributed by atoms with Crippen LogP contribution in [0.25, 0.3) is 0 Å². The van der Waals surface area contributed by atoms with Crippen LogP contribution in [0.1, 0.15) is 32.4 Å². The van der Waals surface area contributed by atoms with Gasteiger partial charge in [0.2, 0.25) is 5.91 Å². The van der Waals surface area contributed by atoms with Crippen LogP contribution in [0.4, 0.5) is 0 Å². The molecule has 1 aromatic carbocycles. The smallest absolute Gasteiger partial charge is 0.227 e. The lowest BCUT2D eigenvalue weighted by Gasteiger charge is -2.24. The molecule has 18 heavy (non-hydrogen) atoms. The van der Waals surface area contributed by atoms with Gasteiger partial charge in [-0.25, -0.2) is 0 Å². The number of amides is 1. The van der Waals surface area contributed by atoms with E-state index in [1.807, 2.05) is 26.8 Å². The van der Waals surface area contributed by atoms with E-state index in [-0.39, 0.29) is 11.9 Å². The Hall–Kier alpha value is -0.770. The van der Waals surface area contributed by atoms with Crippen molar-refractivity contribution in [2.75, 3.05) is 6.54 Å². The Bertz CT molecular complexity index is 447. The van der Waals surface area contributed by atoms with E-state index in [9.17, 15) is 4.79 Å². The van der Waals surface area contributed by atoms with Gasteiger partial charge in [0, 0.05) is 6.54 Å². The van der Waals surface area contributed by atoms with Crippen molar-refractivity contribution in [3.63, 3.8) is 0 Å². The van der Waals surface area contributed by atoms with Crippen molar-refractivity contribution in [1.82, 2.24) is 5.32 Å². The van der Waals surface area contributed by atoms with Gasteiger partial charge in [-0.05, 0) is 38.5 Å². The van der Waals surface area contributed by atoms with E-state index < -0.39 is 5.41 Å². The molecule has 0 aliphatic heterocycles. The molecule has 0 radical (unpaired) electrons. The molecule has 1 amide bonds. The van der Waals surface area contributed by atoms with Crippen LogP contribution in [0.15, 0.2) is 18.2 Å². The standard InChI is InChI=1S/C13H18Cl2N2O/c1-8(17-12(18)13(2,3)7-16)9-4-5-10(14)11(15)6-9/h4-6,8H,7,16H2,1-3H3,(H,17,18). The molecule has 0 bridgehead atoms. The molecule has 5 heteroatoms. The lowest BCUT2D eigenvalue weighted by Crippen LogP contribution is -2.42. The van der Waals surface area contributed by atoms with Crippen LogP contribution in [0.3, 0.4) is 0 Å². The Morgan fingerprint density at radius 3 is 2.50 bits per heavy atom. The minimum atomic E-state index is -0.579. The highest BCUT2D eigenvalue weighted by molar-refractivity contribution is 6.42. The first kappa shape index (κ1) is 15.3. The van der Waals surface area contributed by atoms with Crippen LogP contribution < -0.4 is 11.1 Å². The van der Waals surface area contributed by atoms with Gasteiger partial charge in [0.25, 0.3) is 0 Å². The Kier molecular flexibility index (Phi) is 5.02. The third-order valence-corrected chi connectivity index (χ3v) is 3.66. The number of halogens is 2. The highest BCUT2D eigenvalue weighted by Gasteiger charge is 2.27. The highest BCUT2D eigenvalue weighted by Crippen LogP contribution is 2.26. The van der Waals surface area contributed by atoms with Gasteiger partial charge in [0.15, 0.2) is 0 Å². The Morgan fingerprint density at radius 1 is 1.39 bits per heavy atom. The van der Waals surface area contributed by atoms with Gasteiger partial charge < -0.3 is 11.1 Å². The summed E-state index contributed by atoms with van der Waals surface area (Å²) < 4.78 is 0. The first-order valence-electron chi connectivity index (χ1n) is 5.74. The largest absolute Gasteiger partial charge is 0.349 e. The Balaban J connectivity index is 2.79. The Morgan fingerprint density at radius 2 is 2.00 bits per heavy atom. The number of carbonyl (C=O) groups excluding carboxylic acids is 1. The molecule has 3 nitrogen and oxygen atoms in total. The zero-order chi connectivity index (χ0) is 13.9. The number of hydrogen-bond donors (Lipinski definition) is 2. The van der Waals surface area contributed by atoms with E-state index in [2.05, 4.69) is 5.32 Å². The molecule has 1 rings (SSSR count). The SMILES string of the molecule is CC(NC(=O)C(C)(C)CN)c1ccc(Cl)c(Cl)c1. The molecule has 0 saturated carbocycles. The average molecular weight is 289 g/mol. The first-order chi connectivity index (χ1) is 8.27. The van der Waals surface area contributed by atoms with E-state index in [1.54, 1.807) is 12.1 Å². The lowest BCUT2D eigenvalue weighted by molar-refractivity contribution is -0.129. The summed E-state index contributed by atoms with van der Waals surface area (Å²) in [6, 6.07) is 5.17. The third kappa shape index (κ3) is 3.61. The number of nitrogens with one attached hydrogen (secondary N) is 1. The maximum atomic E-state index is 12.0. The van der Waals surface area contributed by atoms with Crippen molar-refractivity contribution in [1.29, 1.82) is 0 Å². The third-order valence-electron chi connectivity index (χ3n) is 2.92. The summed E-state index contributed by atoms with van der Waals surface area (Å²) >= 11 is 11.8. The molecule has 0 aliphatic rings. The fraction of sp³-hybridized carbons (Fsp3) is 0.462. The summed E-state index contributed by atoms with van der Waals surface area (Å²) in [5, 5.41) is 3.89. The second-order valence-corrected chi connectivity index (χ2v) is 5.77. The summed E-state index contributed by atoms with van der Waals surface area (Å²) in [5.74, 6) is -0.0800. The zero-order valence-electron chi connectivity index (χ0n) is 10.8. The van der Waals surface area contributed by atoms with E-state index in [1.165, 1.54) is 0 Å². The highest BCUT2D eigenvalue weighted by atomic mass is 35.5. The van der Waals surface area contributed by atoms with E-state index in [4.69, 9.17) is 28.9 Å². The van der Waals surface area contributed by atoms with Gasteiger partial charge in [-0.3, -0.25) is 4.79 Å². The molecule has 0 saturated heterocycles. The summed E-state index contributed by atoms with van der Waals surface area (Å²) in [6.07, 6.45) is 0. The van der Waals surface area contributed by atoms with Crippen LogP contribution in [-0.4, -0.2) is 12.5 Å². The molecule has 0 spiro atoms. The minimum Gasteiger partial charge on any atom is -0.349 e. The topological polar surface area (TPSA) is 55.1 Å². The van der Waals surface area contributed by atoms with Gasteiger partial charge in [0.1, 0.15) is 0 Å². The van der Waals surface area contributed by atoms with Crippen LogP contribution in [0.5, 0.6) is 0 Å². The van der Waals surface area contributed by atoms with Crippen molar-refractivity contribution in [3.8, 4) is 0 Å². The number of hydrogen-bond acceptors (Lipinski definition) is 2. The minimum absolute atomic E-state index is 0.0800. The van der Waals surface area contributed by atoms with Crippen molar-refractivity contribution < 1.29 is 4.79 Å². The maximum Gasteiger partial charge on any atom is 0.227 e. The molecule has 1 unspecified atom stereocenters. The van der Waals surface area contributed by atoms with Gasteiger partial charge in [-0.15, -0.1) is 0 Å². The molecule has 1 aromatic rings. The summed E-state index contributed by atoms with van der Waals surface area (Å²) in [6.45, 7) is 5.81. The normalized spacial score (nSPS) is 13.2. The summed E-state index contributed by atoms with van der Waals surface area (Å²) in [7, 11) is 0. The fourth-order valence-corrected chi connectivity index (χ4v) is 1.66. The summed E-state index contributed by atoms with van der Waals surface area (Å²) in [4.78, 5) is 12.0. The monoisotopic (exact) mass is 288 g/mol. The van der Waals surface area contributed by atoms with Gasteiger partial charge in [-0.2, -0.15) is 0 Å². The van der Waals surface area contributed by atoms with Crippen molar-refractivity contribution in [2.45, 2.75) is 26.8 Å². The molecule has 0 aromatic heterocycles. The molecule has 0 aliphatic carbocycles. The van der Waals surface area contributed by atoms with Crippen molar-refractivity contribution in [3.05, 3.63) is 33.8 Å². The predicted molar refractivity (Wildman–Crippen MR) is 75.9 cm³/mol. The average Bonchev–Trinajstić information content (AvgIpc) is 2.32. The van der Waals surface area contributed by atoms with Gasteiger partial charge >= 0.3 is 0 Å². The van der Waals surface area contributed by atoms with Crippen LogP contribution >= 0.6 is 23.2 Å². The number of nitrogens with two attached hydrogens (primary N) is 1. The molecule has 1 atom stereocenters. The second kappa shape index (κ2) is 5.91. The van der Waals surface area contributed by atoms with Crippen molar-refractivity contribution in [2.24, 2.45) is 11.1 Å².